The molecule has 1 aliphatic carbocycles. The van der Waals surface area contributed by atoms with Crippen molar-refractivity contribution in [2.75, 3.05) is 0 Å². The predicted octanol–water partition coefficient (Wildman–Crippen LogP) is 3.42. The van der Waals surface area contributed by atoms with Gasteiger partial charge in [0.1, 0.15) is 0 Å². The van der Waals surface area contributed by atoms with E-state index in [0.29, 0.717) is 11.5 Å². The lowest BCUT2D eigenvalue weighted by Crippen LogP contribution is -2.32. The summed E-state index contributed by atoms with van der Waals surface area (Å²) in [7, 11) is 0. The number of carbonyl (C=O) groups is 2. The van der Waals surface area contributed by atoms with Crippen molar-refractivity contribution in [2.24, 2.45) is 17.1 Å². The third-order valence-corrected chi connectivity index (χ3v) is 5.37. The fourth-order valence-corrected chi connectivity index (χ4v) is 3.64. The lowest BCUT2D eigenvalue weighted by Gasteiger charge is -2.35. The Balaban J connectivity index is 2.13. The van der Waals surface area contributed by atoms with E-state index in [4.69, 9.17) is 15.5 Å². The van der Waals surface area contributed by atoms with E-state index in [1.54, 1.807) is 0 Å². The molecule has 0 saturated heterocycles. The Morgan fingerprint density at radius 1 is 1.27 bits per heavy atom. The molecule has 0 spiro atoms. The van der Waals surface area contributed by atoms with Crippen molar-refractivity contribution in [1.82, 2.24) is 4.98 Å². The predicted molar refractivity (Wildman–Crippen MR) is 101 cm³/mol. The number of esters is 1. The molecular weight excluding hydrogens is 328 g/mol. The zero-order chi connectivity index (χ0) is 19.1. The minimum absolute atomic E-state index is 0.144. The van der Waals surface area contributed by atoms with Crippen molar-refractivity contribution in [2.45, 2.75) is 53.1 Å². The maximum atomic E-state index is 12.9. The Morgan fingerprint density at radius 2 is 1.96 bits per heavy atom. The molecular formula is C21H26N2O3. The van der Waals surface area contributed by atoms with Gasteiger partial charge in [-0.15, -0.1) is 0 Å². The fourth-order valence-electron chi connectivity index (χ4n) is 3.64. The number of ether oxygens (including phenoxy) is 1. The number of rotatable bonds is 3. The van der Waals surface area contributed by atoms with Crippen molar-refractivity contribution >= 4 is 22.8 Å². The van der Waals surface area contributed by atoms with Crippen LogP contribution >= 0.6 is 0 Å². The highest BCUT2D eigenvalue weighted by Gasteiger charge is 2.33. The first-order valence-corrected chi connectivity index (χ1v) is 9.09. The van der Waals surface area contributed by atoms with Crippen LogP contribution < -0.4 is 5.73 Å². The number of hydrogen-bond acceptors (Lipinski definition) is 4. The number of aryl methyl sites for hydroxylation is 1. The Labute approximate surface area is 153 Å². The van der Waals surface area contributed by atoms with Crippen LogP contribution in [0.3, 0.4) is 0 Å². The number of amides is 1. The van der Waals surface area contributed by atoms with Crippen molar-refractivity contribution in [1.29, 1.82) is 0 Å². The Bertz CT molecular complexity index is 867. The standard InChI is InChI=1S/C21H26N2O3/c1-12(19(22)24)26-20(25)18-14-7-5-6-8-16(14)23-17-10-9-13(11-15(17)18)21(2,3)4/h5-8,12-13H,9-11H2,1-4H3,(H2,22,24)/t12-,13+/m1/s1. The second-order valence-corrected chi connectivity index (χ2v) is 8.18. The molecule has 0 radical (unpaired) electrons. The van der Waals surface area contributed by atoms with Crippen LogP contribution in [-0.4, -0.2) is 23.0 Å². The molecule has 1 heterocycles. The van der Waals surface area contributed by atoms with Gasteiger partial charge in [0.2, 0.25) is 0 Å². The number of nitrogens with zero attached hydrogens (tertiary/aromatic N) is 1. The van der Waals surface area contributed by atoms with Crippen molar-refractivity contribution in [3.05, 3.63) is 41.1 Å². The SMILES string of the molecule is C[C@@H](OC(=O)c1c2c(nc3ccccc13)CC[C@H](C(C)(C)C)C2)C(N)=O. The van der Waals surface area contributed by atoms with Gasteiger partial charge in [-0.2, -0.15) is 0 Å². The molecule has 0 bridgehead atoms. The minimum atomic E-state index is -0.966. The number of hydrogen-bond donors (Lipinski definition) is 1. The molecule has 0 fully saturated rings. The van der Waals surface area contributed by atoms with Gasteiger partial charge in [0.15, 0.2) is 6.10 Å². The van der Waals surface area contributed by atoms with Gasteiger partial charge in [0, 0.05) is 11.1 Å². The van der Waals surface area contributed by atoms with Crippen LogP contribution in [0.1, 0.15) is 55.7 Å². The fraction of sp³-hybridized carbons (Fsp3) is 0.476. The summed E-state index contributed by atoms with van der Waals surface area (Å²) in [6.07, 6.45) is 1.71. The maximum Gasteiger partial charge on any atom is 0.339 e. The summed E-state index contributed by atoms with van der Waals surface area (Å²) in [5.74, 6) is -0.697. The van der Waals surface area contributed by atoms with Gasteiger partial charge in [0.25, 0.3) is 5.91 Å². The third-order valence-electron chi connectivity index (χ3n) is 5.37. The lowest BCUT2D eigenvalue weighted by molar-refractivity contribution is -0.125. The lowest BCUT2D eigenvalue weighted by atomic mass is 9.70. The number of pyridine rings is 1. The van der Waals surface area contributed by atoms with Crippen LogP contribution in [0.4, 0.5) is 0 Å². The molecule has 2 N–H and O–H groups in total. The zero-order valence-corrected chi connectivity index (χ0v) is 15.8. The number of aromatic nitrogens is 1. The molecule has 1 amide bonds. The Hall–Kier alpha value is -2.43. The summed E-state index contributed by atoms with van der Waals surface area (Å²) in [5, 5.41) is 0.766. The van der Waals surface area contributed by atoms with E-state index >= 15 is 0 Å². The summed E-state index contributed by atoms with van der Waals surface area (Å²) in [5.41, 5.74) is 8.64. The van der Waals surface area contributed by atoms with Gasteiger partial charge in [-0.25, -0.2) is 4.79 Å². The molecule has 26 heavy (non-hydrogen) atoms. The number of fused-ring (bicyclic) bond motifs is 2. The first-order valence-electron chi connectivity index (χ1n) is 9.09. The second kappa shape index (κ2) is 6.71. The molecule has 5 nitrogen and oxygen atoms in total. The number of carbonyl (C=O) groups excluding carboxylic acids is 2. The molecule has 2 aromatic rings. The number of primary amides is 1. The van der Waals surface area contributed by atoms with Gasteiger partial charge in [-0.05, 0) is 49.1 Å². The normalized spacial score (nSPS) is 18.2. The smallest absolute Gasteiger partial charge is 0.339 e. The Kier molecular flexibility index (Phi) is 4.74. The number of nitrogens with two attached hydrogens (primary N) is 1. The number of para-hydroxylation sites is 1. The highest BCUT2D eigenvalue weighted by molar-refractivity contribution is 6.05. The molecule has 138 valence electrons. The average molecular weight is 354 g/mol. The van der Waals surface area contributed by atoms with Gasteiger partial charge < -0.3 is 10.5 Å². The topological polar surface area (TPSA) is 82.3 Å². The first-order chi connectivity index (χ1) is 12.2. The maximum absolute atomic E-state index is 12.9. The summed E-state index contributed by atoms with van der Waals surface area (Å²) < 4.78 is 5.35. The van der Waals surface area contributed by atoms with Crippen LogP contribution in [0.2, 0.25) is 0 Å². The van der Waals surface area contributed by atoms with Crippen molar-refractivity contribution < 1.29 is 14.3 Å². The quantitative estimate of drug-likeness (QED) is 0.856. The molecule has 0 aliphatic heterocycles. The largest absolute Gasteiger partial charge is 0.449 e. The molecule has 1 aliphatic rings. The van der Waals surface area contributed by atoms with Crippen molar-refractivity contribution in [3.8, 4) is 0 Å². The average Bonchev–Trinajstić information content (AvgIpc) is 2.57. The number of benzene rings is 1. The summed E-state index contributed by atoms with van der Waals surface area (Å²) in [6, 6.07) is 7.58. The van der Waals surface area contributed by atoms with E-state index in [-0.39, 0.29) is 5.41 Å². The second-order valence-electron chi connectivity index (χ2n) is 8.18. The van der Waals surface area contributed by atoms with Gasteiger partial charge in [-0.1, -0.05) is 39.0 Å². The van der Waals surface area contributed by atoms with E-state index in [1.165, 1.54) is 6.92 Å². The molecule has 3 rings (SSSR count). The van der Waals surface area contributed by atoms with Crippen LogP contribution in [0.25, 0.3) is 10.9 Å². The van der Waals surface area contributed by atoms with Crippen molar-refractivity contribution in [3.63, 3.8) is 0 Å². The third kappa shape index (κ3) is 3.43. The molecule has 1 aromatic carbocycles. The van der Waals surface area contributed by atoms with Gasteiger partial charge >= 0.3 is 5.97 Å². The van der Waals surface area contributed by atoms with E-state index in [1.807, 2.05) is 24.3 Å². The van der Waals surface area contributed by atoms with E-state index in [9.17, 15) is 9.59 Å². The summed E-state index contributed by atoms with van der Waals surface area (Å²) >= 11 is 0. The highest BCUT2D eigenvalue weighted by Crippen LogP contribution is 2.39. The molecule has 2 atom stereocenters. The van der Waals surface area contributed by atoms with Crippen LogP contribution in [0, 0.1) is 11.3 Å². The van der Waals surface area contributed by atoms with E-state index in [2.05, 4.69) is 20.8 Å². The van der Waals surface area contributed by atoms with E-state index in [0.717, 1.165) is 41.4 Å². The molecule has 0 saturated carbocycles. The molecule has 5 heteroatoms. The van der Waals surface area contributed by atoms with E-state index < -0.39 is 18.0 Å². The van der Waals surface area contributed by atoms with Crippen LogP contribution in [-0.2, 0) is 22.4 Å². The highest BCUT2D eigenvalue weighted by atomic mass is 16.5. The van der Waals surface area contributed by atoms with Gasteiger partial charge in [0.05, 0.1) is 11.1 Å². The van der Waals surface area contributed by atoms with Crippen LogP contribution in [0.5, 0.6) is 0 Å². The zero-order valence-electron chi connectivity index (χ0n) is 15.8. The van der Waals surface area contributed by atoms with Gasteiger partial charge in [-0.3, -0.25) is 9.78 Å². The molecule has 1 aromatic heterocycles. The first kappa shape index (κ1) is 18.4. The Morgan fingerprint density at radius 3 is 2.62 bits per heavy atom. The van der Waals surface area contributed by atoms with Crippen LogP contribution in [0.15, 0.2) is 24.3 Å². The molecule has 0 unspecified atom stereocenters. The minimum Gasteiger partial charge on any atom is -0.449 e. The summed E-state index contributed by atoms with van der Waals surface area (Å²) in [6.45, 7) is 8.17. The monoisotopic (exact) mass is 354 g/mol. The summed E-state index contributed by atoms with van der Waals surface area (Å²) in [4.78, 5) is 29.1.